The van der Waals surface area contributed by atoms with E-state index in [1.807, 2.05) is 0 Å². The van der Waals surface area contributed by atoms with Crippen LogP contribution in [0.4, 0.5) is 0 Å². The molecule has 0 saturated heterocycles. The molecular weight excluding hydrogens is 252 g/mol. The number of fused-ring (bicyclic) bond motifs is 4. The molecular formula is C21H22. The van der Waals surface area contributed by atoms with E-state index in [4.69, 9.17) is 0 Å². The SMILES string of the molecule is CC1(C)[C@]2(c3ccccc3)[C@H]3CC[C@@H]3[C@@]12c1ccccc1. The molecule has 3 fully saturated rings. The predicted molar refractivity (Wildman–Crippen MR) is 86.2 cm³/mol. The van der Waals surface area contributed by atoms with Crippen molar-refractivity contribution in [3.05, 3.63) is 71.8 Å². The van der Waals surface area contributed by atoms with Gasteiger partial charge in [-0.05, 0) is 41.2 Å². The second-order valence-electron chi connectivity index (χ2n) is 7.76. The van der Waals surface area contributed by atoms with Crippen molar-refractivity contribution in [1.82, 2.24) is 0 Å². The van der Waals surface area contributed by atoms with Gasteiger partial charge < -0.3 is 0 Å². The molecule has 2 aromatic rings. The lowest BCUT2D eigenvalue weighted by atomic mass is 9.44. The van der Waals surface area contributed by atoms with Crippen molar-refractivity contribution in [1.29, 1.82) is 0 Å². The largest absolute Gasteiger partial charge is 0.0622 e. The molecule has 0 aromatic heterocycles. The molecule has 21 heavy (non-hydrogen) atoms. The summed E-state index contributed by atoms with van der Waals surface area (Å²) < 4.78 is 0. The standard InChI is InChI=1S/C21H22/c1-19(2)20(15-9-5-3-6-10-15)17-13-14-18(17)21(19,20)16-11-7-4-8-12-16/h3-12,17-18H,13-14H2,1-2H3/t17-,18-,20-,21-/m0/s1. The van der Waals surface area contributed by atoms with Crippen LogP contribution in [0.1, 0.15) is 37.8 Å². The molecule has 0 bridgehead atoms. The Hall–Kier alpha value is -1.56. The summed E-state index contributed by atoms with van der Waals surface area (Å²) >= 11 is 0. The van der Waals surface area contributed by atoms with E-state index in [9.17, 15) is 0 Å². The molecule has 4 atom stereocenters. The van der Waals surface area contributed by atoms with Gasteiger partial charge in [-0.1, -0.05) is 74.5 Å². The summed E-state index contributed by atoms with van der Waals surface area (Å²) in [6, 6.07) is 22.7. The summed E-state index contributed by atoms with van der Waals surface area (Å²) in [4.78, 5) is 0. The molecule has 0 N–H and O–H groups in total. The van der Waals surface area contributed by atoms with Gasteiger partial charge in [-0.2, -0.15) is 0 Å². The highest BCUT2D eigenvalue weighted by molar-refractivity contribution is 5.65. The second kappa shape index (κ2) is 3.43. The van der Waals surface area contributed by atoms with Crippen LogP contribution in [-0.4, -0.2) is 0 Å². The van der Waals surface area contributed by atoms with E-state index in [2.05, 4.69) is 74.5 Å². The zero-order chi connectivity index (χ0) is 14.3. The first-order valence-corrected chi connectivity index (χ1v) is 8.30. The van der Waals surface area contributed by atoms with Crippen LogP contribution in [0.15, 0.2) is 60.7 Å². The molecule has 3 aliphatic rings. The van der Waals surface area contributed by atoms with E-state index < -0.39 is 0 Å². The molecule has 3 saturated carbocycles. The Morgan fingerprint density at radius 1 is 0.667 bits per heavy atom. The maximum Gasteiger partial charge on any atom is 0.0149 e. The summed E-state index contributed by atoms with van der Waals surface area (Å²) in [6.45, 7) is 5.04. The normalized spacial score (nSPS) is 41.2. The molecule has 0 unspecified atom stereocenters. The van der Waals surface area contributed by atoms with E-state index in [0.717, 1.165) is 11.8 Å². The summed E-state index contributed by atoms with van der Waals surface area (Å²) in [7, 11) is 0. The van der Waals surface area contributed by atoms with E-state index in [1.165, 1.54) is 12.8 Å². The lowest BCUT2D eigenvalue weighted by molar-refractivity contribution is -0.0131. The minimum absolute atomic E-state index is 0.383. The van der Waals surface area contributed by atoms with E-state index in [1.54, 1.807) is 11.1 Å². The van der Waals surface area contributed by atoms with Crippen LogP contribution >= 0.6 is 0 Å². The maximum absolute atomic E-state index is 2.52. The predicted octanol–water partition coefficient (Wildman–Crippen LogP) is 4.94. The van der Waals surface area contributed by atoms with Crippen molar-refractivity contribution in [2.75, 3.05) is 0 Å². The quantitative estimate of drug-likeness (QED) is 0.727. The Bertz CT molecular complexity index is 638. The van der Waals surface area contributed by atoms with Crippen LogP contribution in [0.5, 0.6) is 0 Å². The van der Waals surface area contributed by atoms with Crippen molar-refractivity contribution in [2.24, 2.45) is 17.3 Å². The Morgan fingerprint density at radius 2 is 1.05 bits per heavy atom. The van der Waals surface area contributed by atoms with E-state index in [-0.39, 0.29) is 0 Å². The first-order valence-electron chi connectivity index (χ1n) is 8.30. The summed E-state index contributed by atoms with van der Waals surface area (Å²) in [5, 5.41) is 0. The van der Waals surface area contributed by atoms with Crippen molar-refractivity contribution in [3.63, 3.8) is 0 Å². The van der Waals surface area contributed by atoms with Gasteiger partial charge in [0.15, 0.2) is 0 Å². The fraction of sp³-hybridized carbons (Fsp3) is 0.429. The van der Waals surface area contributed by atoms with Crippen molar-refractivity contribution < 1.29 is 0 Å². The molecule has 5 rings (SSSR count). The second-order valence-corrected chi connectivity index (χ2v) is 7.76. The molecule has 0 radical (unpaired) electrons. The summed E-state index contributed by atoms with van der Waals surface area (Å²) in [5.41, 5.74) is 4.34. The van der Waals surface area contributed by atoms with Crippen LogP contribution in [-0.2, 0) is 10.8 Å². The fourth-order valence-corrected chi connectivity index (χ4v) is 6.90. The molecule has 0 heteroatoms. The van der Waals surface area contributed by atoms with Crippen molar-refractivity contribution in [3.8, 4) is 0 Å². The van der Waals surface area contributed by atoms with Gasteiger partial charge in [-0.3, -0.25) is 0 Å². The Balaban J connectivity index is 1.76. The van der Waals surface area contributed by atoms with Gasteiger partial charge in [-0.15, -0.1) is 0 Å². The first-order chi connectivity index (χ1) is 10.2. The van der Waals surface area contributed by atoms with Gasteiger partial charge in [0, 0.05) is 10.8 Å². The van der Waals surface area contributed by atoms with Gasteiger partial charge in [-0.25, -0.2) is 0 Å². The first kappa shape index (κ1) is 12.0. The zero-order valence-electron chi connectivity index (χ0n) is 12.8. The molecule has 2 aromatic carbocycles. The van der Waals surface area contributed by atoms with Gasteiger partial charge in [0.05, 0.1) is 0 Å². The van der Waals surface area contributed by atoms with Crippen LogP contribution < -0.4 is 0 Å². The molecule has 0 spiro atoms. The van der Waals surface area contributed by atoms with Crippen LogP contribution in [0.25, 0.3) is 0 Å². The van der Waals surface area contributed by atoms with Gasteiger partial charge in [0.1, 0.15) is 0 Å². The van der Waals surface area contributed by atoms with Crippen LogP contribution in [0.2, 0.25) is 0 Å². The molecule has 0 aliphatic heterocycles. The zero-order valence-corrected chi connectivity index (χ0v) is 12.8. The lowest BCUT2D eigenvalue weighted by Crippen LogP contribution is -2.57. The minimum atomic E-state index is 0.383. The third kappa shape index (κ3) is 0.950. The summed E-state index contributed by atoms with van der Waals surface area (Å²) in [5.74, 6) is 1.82. The molecule has 106 valence electrons. The Labute approximate surface area is 127 Å². The fourth-order valence-electron chi connectivity index (χ4n) is 6.90. The van der Waals surface area contributed by atoms with Gasteiger partial charge in [0.25, 0.3) is 0 Å². The third-order valence-electron chi connectivity index (χ3n) is 7.38. The third-order valence-corrected chi connectivity index (χ3v) is 7.38. The highest BCUT2D eigenvalue weighted by atomic mass is 15.0. The average molecular weight is 274 g/mol. The molecule has 0 amide bonds. The lowest BCUT2D eigenvalue weighted by Gasteiger charge is -2.59. The smallest absolute Gasteiger partial charge is 0.0149 e. The van der Waals surface area contributed by atoms with Crippen LogP contribution in [0.3, 0.4) is 0 Å². The van der Waals surface area contributed by atoms with Gasteiger partial charge in [0.2, 0.25) is 0 Å². The molecule has 0 heterocycles. The highest BCUT2D eigenvalue weighted by Crippen LogP contribution is 2.96. The van der Waals surface area contributed by atoms with Gasteiger partial charge >= 0.3 is 0 Å². The number of benzene rings is 2. The number of rotatable bonds is 2. The maximum atomic E-state index is 2.52. The molecule has 0 nitrogen and oxygen atoms in total. The van der Waals surface area contributed by atoms with Crippen molar-refractivity contribution in [2.45, 2.75) is 37.5 Å². The topological polar surface area (TPSA) is 0 Å². The van der Waals surface area contributed by atoms with Crippen molar-refractivity contribution >= 4 is 0 Å². The van der Waals surface area contributed by atoms with E-state index >= 15 is 0 Å². The highest BCUT2D eigenvalue weighted by Gasteiger charge is 2.96. The Kier molecular flexibility index (Phi) is 1.96. The average Bonchev–Trinajstić information content (AvgIpc) is 2.88. The Morgan fingerprint density at radius 3 is 1.38 bits per heavy atom. The number of hydrogen-bond donors (Lipinski definition) is 0. The monoisotopic (exact) mass is 274 g/mol. The molecule has 3 aliphatic carbocycles. The van der Waals surface area contributed by atoms with Crippen LogP contribution in [0, 0.1) is 17.3 Å². The summed E-state index contributed by atoms with van der Waals surface area (Å²) in [6.07, 6.45) is 2.86. The van der Waals surface area contributed by atoms with E-state index in [0.29, 0.717) is 16.2 Å². The number of hydrogen-bond acceptors (Lipinski definition) is 0. The minimum Gasteiger partial charge on any atom is -0.0622 e.